The molecule has 1 N–H and O–H groups in total. The molecule has 1 aliphatic heterocycles. The van der Waals surface area contributed by atoms with Crippen LogP contribution in [0.15, 0.2) is 0 Å². The van der Waals surface area contributed by atoms with Gasteiger partial charge in [-0.2, -0.15) is 0 Å². The molecule has 108 valence electrons. The minimum Gasteiger partial charge on any atom is -0.382 e. The number of hydrogen-bond acceptors (Lipinski definition) is 4. The third-order valence-electron chi connectivity index (χ3n) is 3.59. The summed E-state index contributed by atoms with van der Waals surface area (Å²) in [6.07, 6.45) is 4.94. The standard InChI is InChI=1S/C14H30N2O2/c1-3-14-6-9-16(10-7-15-14)8-4-5-11-18-13-12-17-2/h14-15H,3-13H2,1-2H3. The van der Waals surface area contributed by atoms with Crippen molar-refractivity contribution in [1.29, 1.82) is 0 Å². The fourth-order valence-electron chi connectivity index (χ4n) is 2.33. The predicted molar refractivity (Wildman–Crippen MR) is 75.1 cm³/mol. The van der Waals surface area contributed by atoms with Gasteiger partial charge in [0.05, 0.1) is 13.2 Å². The predicted octanol–water partition coefficient (Wildman–Crippen LogP) is 1.50. The number of unbranched alkanes of at least 4 members (excludes halogenated alkanes) is 1. The Kier molecular flexibility index (Phi) is 9.48. The summed E-state index contributed by atoms with van der Waals surface area (Å²) in [4.78, 5) is 2.58. The van der Waals surface area contributed by atoms with Crippen molar-refractivity contribution in [3.63, 3.8) is 0 Å². The van der Waals surface area contributed by atoms with Crippen molar-refractivity contribution < 1.29 is 9.47 Å². The molecule has 0 aromatic heterocycles. The van der Waals surface area contributed by atoms with Gasteiger partial charge in [-0.05, 0) is 38.8 Å². The van der Waals surface area contributed by atoms with Crippen molar-refractivity contribution in [3.05, 3.63) is 0 Å². The Balaban J connectivity index is 1.95. The van der Waals surface area contributed by atoms with Crippen molar-refractivity contribution in [2.45, 2.75) is 38.6 Å². The molecule has 1 rings (SSSR count). The largest absolute Gasteiger partial charge is 0.382 e. The Hall–Kier alpha value is -0.160. The van der Waals surface area contributed by atoms with E-state index in [0.29, 0.717) is 6.61 Å². The van der Waals surface area contributed by atoms with Crippen molar-refractivity contribution in [3.8, 4) is 0 Å². The first-order chi connectivity index (χ1) is 8.86. The van der Waals surface area contributed by atoms with Crippen LogP contribution in [0.3, 0.4) is 0 Å². The van der Waals surface area contributed by atoms with Gasteiger partial charge >= 0.3 is 0 Å². The zero-order valence-corrected chi connectivity index (χ0v) is 12.1. The number of nitrogens with zero attached hydrogens (tertiary/aromatic N) is 1. The lowest BCUT2D eigenvalue weighted by Gasteiger charge is -2.19. The highest BCUT2D eigenvalue weighted by Gasteiger charge is 2.13. The Morgan fingerprint density at radius 1 is 1.17 bits per heavy atom. The van der Waals surface area contributed by atoms with Crippen LogP contribution in [0.25, 0.3) is 0 Å². The molecule has 0 bridgehead atoms. The smallest absolute Gasteiger partial charge is 0.0700 e. The van der Waals surface area contributed by atoms with E-state index in [0.717, 1.165) is 32.2 Å². The first-order valence-electron chi connectivity index (χ1n) is 7.39. The van der Waals surface area contributed by atoms with Gasteiger partial charge in [-0.3, -0.25) is 0 Å². The summed E-state index contributed by atoms with van der Waals surface area (Å²) in [6.45, 7) is 9.36. The molecule has 4 heteroatoms. The molecule has 0 aliphatic carbocycles. The molecule has 0 amide bonds. The van der Waals surface area contributed by atoms with Gasteiger partial charge in [-0.1, -0.05) is 6.92 Å². The van der Waals surface area contributed by atoms with E-state index in [1.54, 1.807) is 7.11 Å². The minimum atomic E-state index is 0.705. The SMILES string of the molecule is CCC1CCN(CCCCOCCOC)CCN1. The second-order valence-electron chi connectivity index (χ2n) is 5.00. The third-order valence-corrected chi connectivity index (χ3v) is 3.59. The molecule has 18 heavy (non-hydrogen) atoms. The van der Waals surface area contributed by atoms with E-state index in [9.17, 15) is 0 Å². The second kappa shape index (κ2) is 10.7. The molecule has 1 aliphatic rings. The number of ether oxygens (including phenoxy) is 2. The normalized spacial score (nSPS) is 22.0. The van der Waals surface area contributed by atoms with Crippen LogP contribution in [0.2, 0.25) is 0 Å². The molecule has 1 unspecified atom stereocenters. The lowest BCUT2D eigenvalue weighted by molar-refractivity contribution is 0.0677. The maximum atomic E-state index is 5.47. The Bertz CT molecular complexity index is 191. The third kappa shape index (κ3) is 7.31. The Morgan fingerprint density at radius 3 is 2.83 bits per heavy atom. The van der Waals surface area contributed by atoms with E-state index in [-0.39, 0.29) is 0 Å². The fraction of sp³-hybridized carbons (Fsp3) is 1.00. The summed E-state index contributed by atoms with van der Waals surface area (Å²) in [5, 5.41) is 3.61. The second-order valence-corrected chi connectivity index (χ2v) is 5.00. The summed E-state index contributed by atoms with van der Waals surface area (Å²) in [6, 6.07) is 0.729. The molecule has 1 fully saturated rings. The lowest BCUT2D eigenvalue weighted by Crippen LogP contribution is -2.30. The molecule has 1 saturated heterocycles. The zero-order chi connectivity index (χ0) is 13.1. The quantitative estimate of drug-likeness (QED) is 0.636. The van der Waals surface area contributed by atoms with Crippen LogP contribution in [0.5, 0.6) is 0 Å². The first kappa shape index (κ1) is 15.9. The van der Waals surface area contributed by atoms with Gasteiger partial charge in [0.25, 0.3) is 0 Å². The molecule has 0 aromatic carbocycles. The van der Waals surface area contributed by atoms with E-state index in [2.05, 4.69) is 17.1 Å². The van der Waals surface area contributed by atoms with Crippen LogP contribution >= 0.6 is 0 Å². The van der Waals surface area contributed by atoms with E-state index in [1.165, 1.54) is 38.9 Å². The average Bonchev–Trinajstić information content (AvgIpc) is 2.63. The molecular formula is C14H30N2O2. The summed E-state index contributed by atoms with van der Waals surface area (Å²) in [7, 11) is 1.71. The molecule has 0 saturated carbocycles. The van der Waals surface area contributed by atoms with Crippen molar-refractivity contribution in [2.24, 2.45) is 0 Å². The molecule has 1 atom stereocenters. The van der Waals surface area contributed by atoms with E-state index in [1.807, 2.05) is 0 Å². The van der Waals surface area contributed by atoms with Gasteiger partial charge in [0.1, 0.15) is 0 Å². The summed E-state index contributed by atoms with van der Waals surface area (Å²) in [5.41, 5.74) is 0. The van der Waals surface area contributed by atoms with E-state index >= 15 is 0 Å². The Morgan fingerprint density at radius 2 is 2.06 bits per heavy atom. The summed E-state index contributed by atoms with van der Waals surface area (Å²) in [5.74, 6) is 0. The number of methoxy groups -OCH3 is 1. The maximum absolute atomic E-state index is 5.47. The monoisotopic (exact) mass is 258 g/mol. The van der Waals surface area contributed by atoms with Crippen LogP contribution in [0.4, 0.5) is 0 Å². The van der Waals surface area contributed by atoms with Crippen molar-refractivity contribution in [1.82, 2.24) is 10.2 Å². The Labute approximate surface area is 112 Å². The van der Waals surface area contributed by atoms with Crippen LogP contribution < -0.4 is 5.32 Å². The molecule has 4 nitrogen and oxygen atoms in total. The average molecular weight is 258 g/mol. The molecular weight excluding hydrogens is 228 g/mol. The van der Waals surface area contributed by atoms with Gasteiger partial charge in [-0.25, -0.2) is 0 Å². The number of rotatable bonds is 9. The van der Waals surface area contributed by atoms with Crippen LogP contribution in [-0.2, 0) is 9.47 Å². The van der Waals surface area contributed by atoms with Gasteiger partial charge in [0.2, 0.25) is 0 Å². The topological polar surface area (TPSA) is 33.7 Å². The number of nitrogens with one attached hydrogen (secondary N) is 1. The fourth-order valence-corrected chi connectivity index (χ4v) is 2.33. The highest BCUT2D eigenvalue weighted by Crippen LogP contribution is 2.05. The van der Waals surface area contributed by atoms with Crippen LogP contribution in [0.1, 0.15) is 32.6 Å². The van der Waals surface area contributed by atoms with Gasteiger partial charge in [-0.15, -0.1) is 0 Å². The number of hydrogen-bond donors (Lipinski definition) is 1. The van der Waals surface area contributed by atoms with E-state index < -0.39 is 0 Å². The zero-order valence-electron chi connectivity index (χ0n) is 12.1. The highest BCUT2D eigenvalue weighted by atomic mass is 16.5. The first-order valence-corrected chi connectivity index (χ1v) is 7.39. The van der Waals surface area contributed by atoms with E-state index in [4.69, 9.17) is 9.47 Å². The minimum absolute atomic E-state index is 0.705. The molecule has 1 heterocycles. The van der Waals surface area contributed by atoms with Crippen molar-refractivity contribution >= 4 is 0 Å². The maximum Gasteiger partial charge on any atom is 0.0700 e. The van der Waals surface area contributed by atoms with Crippen LogP contribution in [0, 0.1) is 0 Å². The molecule has 0 spiro atoms. The van der Waals surface area contributed by atoms with Crippen LogP contribution in [-0.4, -0.2) is 64.1 Å². The van der Waals surface area contributed by atoms with Gasteiger partial charge in [0, 0.05) is 32.8 Å². The van der Waals surface area contributed by atoms with Gasteiger partial charge in [0.15, 0.2) is 0 Å². The molecule has 0 aromatic rings. The lowest BCUT2D eigenvalue weighted by atomic mass is 10.1. The summed E-state index contributed by atoms with van der Waals surface area (Å²) < 4.78 is 10.4. The van der Waals surface area contributed by atoms with Crippen molar-refractivity contribution in [2.75, 3.05) is 53.1 Å². The van der Waals surface area contributed by atoms with Gasteiger partial charge < -0.3 is 19.7 Å². The highest BCUT2D eigenvalue weighted by molar-refractivity contribution is 4.73. The summed E-state index contributed by atoms with van der Waals surface area (Å²) >= 11 is 0. The molecule has 0 radical (unpaired) electrons.